The Morgan fingerprint density at radius 2 is 2.11 bits per heavy atom. The average Bonchev–Trinajstić information content (AvgIpc) is 2.83. The Morgan fingerprint density at radius 3 is 2.68 bits per heavy atom. The quantitative estimate of drug-likeness (QED) is 0.907. The first-order valence-electron chi connectivity index (χ1n) is 6.68. The molecule has 2 aromatic rings. The zero-order valence-electron chi connectivity index (χ0n) is 11.7. The summed E-state index contributed by atoms with van der Waals surface area (Å²) in [4.78, 5) is 0. The molecule has 2 rings (SSSR count). The van der Waals surface area contributed by atoms with E-state index in [0.29, 0.717) is 0 Å². The molecule has 0 bridgehead atoms. The van der Waals surface area contributed by atoms with Gasteiger partial charge < -0.3 is 5.32 Å². The molecule has 1 aromatic carbocycles. The van der Waals surface area contributed by atoms with Gasteiger partial charge in [0.15, 0.2) is 0 Å². The molecule has 0 fully saturated rings. The van der Waals surface area contributed by atoms with E-state index >= 15 is 0 Å². The van der Waals surface area contributed by atoms with Crippen molar-refractivity contribution in [2.24, 2.45) is 0 Å². The third-order valence-corrected chi connectivity index (χ3v) is 3.53. The number of hydrogen-bond acceptors (Lipinski definition) is 2. The third-order valence-electron chi connectivity index (χ3n) is 3.29. The van der Waals surface area contributed by atoms with Crippen LogP contribution in [0, 0.1) is 0 Å². The van der Waals surface area contributed by atoms with E-state index in [1.165, 1.54) is 5.69 Å². The smallest absolute Gasteiger partial charge is 0.0746 e. The van der Waals surface area contributed by atoms with Gasteiger partial charge in [0.05, 0.1) is 17.4 Å². The summed E-state index contributed by atoms with van der Waals surface area (Å²) in [5, 5.41) is 8.72. The van der Waals surface area contributed by atoms with Gasteiger partial charge >= 0.3 is 0 Å². The van der Waals surface area contributed by atoms with Crippen LogP contribution in [-0.4, -0.2) is 16.8 Å². The first kappa shape index (κ1) is 14.1. The van der Waals surface area contributed by atoms with Crippen molar-refractivity contribution < 1.29 is 0 Å². The van der Waals surface area contributed by atoms with Gasteiger partial charge in [-0.25, -0.2) is 0 Å². The standard InChI is InChI=1S/C15H20ClN3/c1-4-13-10-14(19(5-2)18-13)15(17-3)11-7-6-8-12(16)9-11/h6-10,15,17H,4-5H2,1-3H3. The predicted molar refractivity (Wildman–Crippen MR) is 79.6 cm³/mol. The van der Waals surface area contributed by atoms with Gasteiger partial charge in [-0.1, -0.05) is 30.7 Å². The molecule has 19 heavy (non-hydrogen) atoms. The van der Waals surface area contributed by atoms with Gasteiger partial charge in [-0.15, -0.1) is 0 Å². The summed E-state index contributed by atoms with van der Waals surface area (Å²) >= 11 is 6.09. The molecule has 1 N–H and O–H groups in total. The largest absolute Gasteiger partial charge is 0.308 e. The summed E-state index contributed by atoms with van der Waals surface area (Å²) in [6.45, 7) is 5.11. The lowest BCUT2D eigenvalue weighted by Gasteiger charge is -2.18. The van der Waals surface area contributed by atoms with E-state index in [2.05, 4.69) is 41.1 Å². The average molecular weight is 278 g/mol. The maximum absolute atomic E-state index is 6.09. The minimum atomic E-state index is 0.117. The maximum atomic E-state index is 6.09. The number of benzene rings is 1. The molecule has 0 aliphatic carbocycles. The highest BCUT2D eigenvalue weighted by atomic mass is 35.5. The molecule has 1 atom stereocenters. The molecular weight excluding hydrogens is 258 g/mol. The highest BCUT2D eigenvalue weighted by molar-refractivity contribution is 6.30. The molecule has 1 aromatic heterocycles. The van der Waals surface area contributed by atoms with Crippen LogP contribution in [0.1, 0.15) is 36.8 Å². The number of nitrogens with zero attached hydrogens (tertiary/aromatic N) is 2. The maximum Gasteiger partial charge on any atom is 0.0746 e. The first-order valence-corrected chi connectivity index (χ1v) is 7.06. The summed E-state index contributed by atoms with van der Waals surface area (Å²) < 4.78 is 2.06. The second kappa shape index (κ2) is 6.22. The van der Waals surface area contributed by atoms with Crippen molar-refractivity contribution >= 4 is 11.6 Å². The first-order chi connectivity index (χ1) is 9.19. The number of hydrogen-bond donors (Lipinski definition) is 1. The summed E-state index contributed by atoms with van der Waals surface area (Å²) in [5.74, 6) is 0. The van der Waals surface area contributed by atoms with Gasteiger partial charge in [0.1, 0.15) is 0 Å². The number of halogens is 1. The molecule has 1 heterocycles. The fourth-order valence-electron chi connectivity index (χ4n) is 2.32. The second-order valence-electron chi connectivity index (χ2n) is 4.51. The number of aryl methyl sites for hydroxylation is 2. The van der Waals surface area contributed by atoms with Crippen molar-refractivity contribution in [2.75, 3.05) is 7.05 Å². The molecule has 102 valence electrons. The summed E-state index contributed by atoms with van der Waals surface area (Å²) in [6.07, 6.45) is 0.950. The van der Waals surface area contributed by atoms with E-state index in [1.54, 1.807) is 0 Å². The highest BCUT2D eigenvalue weighted by Crippen LogP contribution is 2.25. The second-order valence-corrected chi connectivity index (χ2v) is 4.94. The van der Waals surface area contributed by atoms with Crippen molar-refractivity contribution in [3.05, 3.63) is 52.3 Å². The molecule has 0 saturated carbocycles. The minimum absolute atomic E-state index is 0.117. The van der Waals surface area contributed by atoms with E-state index in [4.69, 9.17) is 11.6 Å². The Bertz CT molecular complexity index is 548. The lowest BCUT2D eigenvalue weighted by Crippen LogP contribution is -2.21. The van der Waals surface area contributed by atoms with Crippen LogP contribution in [0.15, 0.2) is 30.3 Å². The summed E-state index contributed by atoms with van der Waals surface area (Å²) in [5.41, 5.74) is 3.47. The number of rotatable bonds is 5. The fraction of sp³-hybridized carbons (Fsp3) is 0.400. The number of aromatic nitrogens is 2. The molecule has 1 unspecified atom stereocenters. The zero-order chi connectivity index (χ0) is 13.8. The van der Waals surface area contributed by atoms with Crippen LogP contribution < -0.4 is 5.32 Å². The van der Waals surface area contributed by atoms with Crippen molar-refractivity contribution in [3.63, 3.8) is 0 Å². The van der Waals surface area contributed by atoms with E-state index in [1.807, 2.05) is 25.2 Å². The summed E-state index contributed by atoms with van der Waals surface area (Å²) in [7, 11) is 1.96. The van der Waals surface area contributed by atoms with E-state index in [9.17, 15) is 0 Å². The minimum Gasteiger partial charge on any atom is -0.308 e. The third kappa shape index (κ3) is 2.99. The number of nitrogens with one attached hydrogen (secondary N) is 1. The van der Waals surface area contributed by atoms with Crippen molar-refractivity contribution in [1.29, 1.82) is 0 Å². The van der Waals surface area contributed by atoms with Crippen LogP contribution in [0.3, 0.4) is 0 Å². The van der Waals surface area contributed by atoms with Gasteiger partial charge in [-0.2, -0.15) is 5.10 Å². The van der Waals surface area contributed by atoms with E-state index in [0.717, 1.165) is 29.2 Å². The van der Waals surface area contributed by atoms with Crippen LogP contribution in [0.2, 0.25) is 5.02 Å². The molecule has 0 aliphatic heterocycles. The topological polar surface area (TPSA) is 29.9 Å². The SMILES string of the molecule is CCc1cc(C(NC)c2cccc(Cl)c2)n(CC)n1. The molecule has 0 saturated heterocycles. The zero-order valence-corrected chi connectivity index (χ0v) is 12.4. The molecule has 4 heteroatoms. The molecule has 0 amide bonds. The van der Waals surface area contributed by atoms with Crippen LogP contribution in [0.25, 0.3) is 0 Å². The van der Waals surface area contributed by atoms with Gasteiger partial charge in [0.2, 0.25) is 0 Å². The molecule has 3 nitrogen and oxygen atoms in total. The Labute approximate surface area is 119 Å². The Morgan fingerprint density at radius 1 is 1.32 bits per heavy atom. The summed E-state index contributed by atoms with van der Waals surface area (Å²) in [6, 6.07) is 10.3. The fourth-order valence-corrected chi connectivity index (χ4v) is 2.52. The molecule has 0 spiro atoms. The normalized spacial score (nSPS) is 12.6. The van der Waals surface area contributed by atoms with E-state index in [-0.39, 0.29) is 6.04 Å². The van der Waals surface area contributed by atoms with Crippen LogP contribution >= 0.6 is 11.6 Å². The molecular formula is C15H20ClN3. The van der Waals surface area contributed by atoms with E-state index < -0.39 is 0 Å². The Balaban J connectivity index is 2.44. The molecule has 0 aliphatic rings. The highest BCUT2D eigenvalue weighted by Gasteiger charge is 2.18. The van der Waals surface area contributed by atoms with Crippen molar-refractivity contribution in [1.82, 2.24) is 15.1 Å². The lowest BCUT2D eigenvalue weighted by atomic mass is 10.0. The Kier molecular flexibility index (Phi) is 4.61. The van der Waals surface area contributed by atoms with Crippen molar-refractivity contribution in [2.45, 2.75) is 32.9 Å². The predicted octanol–water partition coefficient (Wildman–Crippen LogP) is 3.43. The van der Waals surface area contributed by atoms with Crippen LogP contribution in [-0.2, 0) is 13.0 Å². The monoisotopic (exact) mass is 277 g/mol. The van der Waals surface area contributed by atoms with Gasteiger partial charge in [-0.3, -0.25) is 4.68 Å². The molecule has 0 radical (unpaired) electrons. The van der Waals surface area contributed by atoms with Crippen LogP contribution in [0.4, 0.5) is 0 Å². The lowest BCUT2D eigenvalue weighted by molar-refractivity contribution is 0.560. The van der Waals surface area contributed by atoms with Gasteiger partial charge in [0, 0.05) is 11.6 Å². The van der Waals surface area contributed by atoms with Gasteiger partial charge in [-0.05, 0) is 44.2 Å². The van der Waals surface area contributed by atoms with Gasteiger partial charge in [0.25, 0.3) is 0 Å². The Hall–Kier alpha value is -1.32. The van der Waals surface area contributed by atoms with Crippen molar-refractivity contribution in [3.8, 4) is 0 Å². The van der Waals surface area contributed by atoms with Crippen LogP contribution in [0.5, 0.6) is 0 Å².